The second-order valence-corrected chi connectivity index (χ2v) is 7.35. The SMILES string of the molecule is C[C@@H](C(=O)NCc1ccc(F)cc1)n1ccsc1=NC(=O)c1cccc(Cl)c1. The van der Waals surface area contributed by atoms with Crippen molar-refractivity contribution in [3.63, 3.8) is 0 Å². The van der Waals surface area contributed by atoms with Crippen molar-refractivity contribution >= 4 is 34.8 Å². The van der Waals surface area contributed by atoms with E-state index in [1.54, 1.807) is 59.5 Å². The molecule has 0 spiro atoms. The zero-order valence-corrected chi connectivity index (χ0v) is 16.5. The molecule has 1 atom stereocenters. The maximum absolute atomic E-state index is 13.0. The number of nitrogens with one attached hydrogen (secondary N) is 1. The average molecular weight is 418 g/mol. The van der Waals surface area contributed by atoms with E-state index in [2.05, 4.69) is 10.3 Å². The predicted octanol–water partition coefficient (Wildman–Crippen LogP) is 3.96. The van der Waals surface area contributed by atoms with Crippen LogP contribution in [-0.2, 0) is 11.3 Å². The van der Waals surface area contributed by atoms with E-state index in [0.29, 0.717) is 15.4 Å². The Bertz CT molecular complexity index is 1060. The van der Waals surface area contributed by atoms with Crippen molar-refractivity contribution in [1.29, 1.82) is 0 Å². The Hall–Kier alpha value is -2.77. The summed E-state index contributed by atoms with van der Waals surface area (Å²) in [6.07, 6.45) is 1.71. The standard InChI is InChI=1S/C20H17ClFN3O2S/c1-13(18(26)23-12-14-5-7-17(22)8-6-14)25-9-10-28-20(25)24-19(27)15-3-2-4-16(21)11-15/h2-11,13H,12H2,1H3,(H,23,26)/t13-/m0/s1. The molecule has 0 saturated heterocycles. The monoisotopic (exact) mass is 417 g/mol. The summed E-state index contributed by atoms with van der Waals surface area (Å²) in [5.41, 5.74) is 1.17. The molecule has 0 unspecified atom stereocenters. The Morgan fingerprint density at radius 1 is 1.25 bits per heavy atom. The fourth-order valence-corrected chi connectivity index (χ4v) is 3.48. The molecule has 0 aliphatic rings. The van der Waals surface area contributed by atoms with Crippen molar-refractivity contribution < 1.29 is 14.0 Å². The molecule has 8 heteroatoms. The van der Waals surface area contributed by atoms with Crippen molar-refractivity contribution in [2.45, 2.75) is 19.5 Å². The van der Waals surface area contributed by atoms with Gasteiger partial charge in [-0.15, -0.1) is 11.3 Å². The molecule has 1 heterocycles. The van der Waals surface area contributed by atoms with Gasteiger partial charge in [0.2, 0.25) is 5.91 Å². The molecule has 28 heavy (non-hydrogen) atoms. The number of halogens is 2. The normalized spacial score (nSPS) is 12.6. The number of benzene rings is 2. The van der Waals surface area contributed by atoms with Gasteiger partial charge in [0, 0.05) is 28.7 Å². The van der Waals surface area contributed by atoms with Gasteiger partial charge in [-0.1, -0.05) is 29.8 Å². The Balaban J connectivity index is 1.73. The first-order valence-electron chi connectivity index (χ1n) is 8.46. The van der Waals surface area contributed by atoms with Gasteiger partial charge in [-0.2, -0.15) is 4.99 Å². The highest BCUT2D eigenvalue weighted by Crippen LogP contribution is 2.12. The van der Waals surface area contributed by atoms with E-state index in [1.165, 1.54) is 23.5 Å². The summed E-state index contributed by atoms with van der Waals surface area (Å²) in [6.45, 7) is 2.00. The van der Waals surface area contributed by atoms with Gasteiger partial charge in [0.05, 0.1) is 0 Å². The number of amides is 2. The van der Waals surface area contributed by atoms with Gasteiger partial charge < -0.3 is 9.88 Å². The van der Waals surface area contributed by atoms with E-state index in [1.807, 2.05) is 0 Å². The van der Waals surface area contributed by atoms with E-state index in [9.17, 15) is 14.0 Å². The molecule has 3 aromatic rings. The van der Waals surface area contributed by atoms with Gasteiger partial charge in [0.1, 0.15) is 11.9 Å². The summed E-state index contributed by atoms with van der Waals surface area (Å²) in [7, 11) is 0. The van der Waals surface area contributed by atoms with Crippen molar-refractivity contribution in [3.8, 4) is 0 Å². The largest absolute Gasteiger partial charge is 0.350 e. The third kappa shape index (κ3) is 4.94. The number of thiazole rings is 1. The van der Waals surface area contributed by atoms with Crippen LogP contribution in [0.4, 0.5) is 4.39 Å². The topological polar surface area (TPSA) is 63.5 Å². The highest BCUT2D eigenvalue weighted by atomic mass is 35.5. The number of hydrogen-bond donors (Lipinski definition) is 1. The van der Waals surface area contributed by atoms with E-state index >= 15 is 0 Å². The van der Waals surface area contributed by atoms with Crippen LogP contribution in [0.1, 0.15) is 28.9 Å². The van der Waals surface area contributed by atoms with Crippen LogP contribution in [-0.4, -0.2) is 16.4 Å². The van der Waals surface area contributed by atoms with E-state index in [-0.39, 0.29) is 18.3 Å². The quantitative estimate of drug-likeness (QED) is 0.683. The minimum Gasteiger partial charge on any atom is -0.350 e. The number of nitrogens with zero attached hydrogens (tertiary/aromatic N) is 2. The number of carbonyl (C=O) groups excluding carboxylic acids is 2. The Morgan fingerprint density at radius 3 is 2.71 bits per heavy atom. The zero-order valence-electron chi connectivity index (χ0n) is 14.9. The van der Waals surface area contributed by atoms with E-state index in [0.717, 1.165) is 5.56 Å². The number of hydrogen-bond acceptors (Lipinski definition) is 3. The molecule has 0 radical (unpaired) electrons. The van der Waals surface area contributed by atoms with Gasteiger partial charge in [-0.3, -0.25) is 9.59 Å². The molecule has 1 N–H and O–H groups in total. The highest BCUT2D eigenvalue weighted by molar-refractivity contribution is 7.07. The molecule has 0 aliphatic heterocycles. The summed E-state index contributed by atoms with van der Waals surface area (Å²) in [5, 5.41) is 5.01. The third-order valence-electron chi connectivity index (χ3n) is 4.06. The van der Waals surface area contributed by atoms with Crippen LogP contribution in [0, 0.1) is 5.82 Å². The number of aromatic nitrogens is 1. The molecule has 2 aromatic carbocycles. The summed E-state index contributed by atoms with van der Waals surface area (Å²) < 4.78 is 14.6. The molecule has 1 aromatic heterocycles. The molecular weight excluding hydrogens is 401 g/mol. The number of carbonyl (C=O) groups is 2. The van der Waals surface area contributed by atoms with Crippen LogP contribution in [0.3, 0.4) is 0 Å². The Labute approximate surface area is 170 Å². The Kier molecular flexibility index (Phi) is 6.38. The summed E-state index contributed by atoms with van der Waals surface area (Å²) in [5.74, 6) is -0.995. The lowest BCUT2D eigenvalue weighted by Gasteiger charge is -2.14. The summed E-state index contributed by atoms with van der Waals surface area (Å²) in [4.78, 5) is 29.4. The fourth-order valence-electron chi connectivity index (χ4n) is 2.50. The molecule has 0 aliphatic carbocycles. The zero-order chi connectivity index (χ0) is 20.1. The smallest absolute Gasteiger partial charge is 0.279 e. The van der Waals surface area contributed by atoms with Crippen molar-refractivity contribution in [1.82, 2.24) is 9.88 Å². The molecular formula is C20H17ClFN3O2S. The average Bonchev–Trinajstić information content (AvgIpc) is 3.14. The Morgan fingerprint density at radius 2 is 2.00 bits per heavy atom. The second kappa shape index (κ2) is 8.95. The number of rotatable bonds is 5. The molecule has 0 saturated carbocycles. The minimum absolute atomic E-state index is 0.237. The lowest BCUT2D eigenvalue weighted by atomic mass is 10.2. The van der Waals surface area contributed by atoms with Crippen LogP contribution in [0.5, 0.6) is 0 Å². The van der Waals surface area contributed by atoms with Gasteiger partial charge in [-0.25, -0.2) is 4.39 Å². The van der Waals surface area contributed by atoms with Crippen molar-refractivity contribution in [2.75, 3.05) is 0 Å². The van der Waals surface area contributed by atoms with Gasteiger partial charge >= 0.3 is 0 Å². The van der Waals surface area contributed by atoms with Crippen LogP contribution in [0.25, 0.3) is 0 Å². The molecule has 2 amide bonds. The fraction of sp³-hybridized carbons (Fsp3) is 0.150. The predicted molar refractivity (Wildman–Crippen MR) is 107 cm³/mol. The summed E-state index contributed by atoms with van der Waals surface area (Å²) >= 11 is 7.18. The summed E-state index contributed by atoms with van der Waals surface area (Å²) in [6, 6.07) is 11.9. The minimum atomic E-state index is -0.572. The van der Waals surface area contributed by atoms with E-state index in [4.69, 9.17) is 11.6 Å². The van der Waals surface area contributed by atoms with Gasteiger partial charge in [0.15, 0.2) is 4.80 Å². The second-order valence-electron chi connectivity index (χ2n) is 6.04. The van der Waals surface area contributed by atoms with E-state index < -0.39 is 11.9 Å². The van der Waals surface area contributed by atoms with Crippen LogP contribution in [0.2, 0.25) is 5.02 Å². The third-order valence-corrected chi connectivity index (χ3v) is 5.07. The van der Waals surface area contributed by atoms with Crippen LogP contribution in [0.15, 0.2) is 65.1 Å². The maximum atomic E-state index is 13.0. The van der Waals surface area contributed by atoms with Crippen LogP contribution >= 0.6 is 22.9 Å². The molecule has 0 fully saturated rings. The van der Waals surface area contributed by atoms with Crippen molar-refractivity contribution in [2.24, 2.45) is 4.99 Å². The first-order valence-corrected chi connectivity index (χ1v) is 9.72. The lowest BCUT2D eigenvalue weighted by Crippen LogP contribution is -2.34. The molecule has 144 valence electrons. The molecule has 3 rings (SSSR count). The highest BCUT2D eigenvalue weighted by Gasteiger charge is 2.16. The maximum Gasteiger partial charge on any atom is 0.279 e. The van der Waals surface area contributed by atoms with Crippen molar-refractivity contribution in [3.05, 3.63) is 86.9 Å². The van der Waals surface area contributed by atoms with Gasteiger partial charge in [0.25, 0.3) is 5.91 Å². The first kappa shape index (κ1) is 20.0. The lowest BCUT2D eigenvalue weighted by molar-refractivity contribution is -0.124. The van der Waals surface area contributed by atoms with Gasteiger partial charge in [-0.05, 0) is 42.8 Å². The van der Waals surface area contributed by atoms with Crippen LogP contribution < -0.4 is 10.1 Å². The first-order chi connectivity index (χ1) is 13.4. The molecule has 0 bridgehead atoms. The molecule has 5 nitrogen and oxygen atoms in total.